The fourth-order valence-electron chi connectivity index (χ4n) is 0.973. The Labute approximate surface area is 84.1 Å². The maximum Gasteiger partial charge on any atom is 0.0958 e. The molecule has 0 aromatic carbocycles. The predicted molar refractivity (Wildman–Crippen MR) is 59.4 cm³/mol. The SMILES string of the molecule is CCC(C)Nc1ccc(SC)nc1. The van der Waals surface area contributed by atoms with Crippen molar-refractivity contribution >= 4 is 17.4 Å². The molecule has 1 aromatic heterocycles. The van der Waals surface area contributed by atoms with E-state index in [0.29, 0.717) is 6.04 Å². The van der Waals surface area contributed by atoms with Crippen LogP contribution in [-0.4, -0.2) is 17.3 Å². The fraction of sp³-hybridized carbons (Fsp3) is 0.500. The molecule has 3 heteroatoms. The molecule has 1 rings (SSSR count). The lowest BCUT2D eigenvalue weighted by Crippen LogP contribution is -2.13. The second-order valence-electron chi connectivity index (χ2n) is 3.04. The molecule has 0 saturated carbocycles. The van der Waals surface area contributed by atoms with E-state index < -0.39 is 0 Å². The van der Waals surface area contributed by atoms with Gasteiger partial charge in [0.2, 0.25) is 0 Å². The van der Waals surface area contributed by atoms with Gasteiger partial charge in [0.15, 0.2) is 0 Å². The van der Waals surface area contributed by atoms with Crippen LogP contribution in [-0.2, 0) is 0 Å². The molecule has 0 bridgehead atoms. The van der Waals surface area contributed by atoms with Gasteiger partial charge in [-0.2, -0.15) is 0 Å². The molecule has 1 atom stereocenters. The highest BCUT2D eigenvalue weighted by molar-refractivity contribution is 7.98. The summed E-state index contributed by atoms with van der Waals surface area (Å²) >= 11 is 1.66. The van der Waals surface area contributed by atoms with Gasteiger partial charge in [0, 0.05) is 6.04 Å². The van der Waals surface area contributed by atoms with Gasteiger partial charge in [-0.25, -0.2) is 4.98 Å². The van der Waals surface area contributed by atoms with Crippen molar-refractivity contribution in [2.75, 3.05) is 11.6 Å². The van der Waals surface area contributed by atoms with E-state index in [2.05, 4.69) is 30.2 Å². The molecule has 1 N–H and O–H groups in total. The quantitative estimate of drug-likeness (QED) is 0.749. The van der Waals surface area contributed by atoms with Crippen LogP contribution in [0.3, 0.4) is 0 Å². The molecule has 0 spiro atoms. The molecule has 0 amide bonds. The molecule has 1 heterocycles. The van der Waals surface area contributed by atoms with Crippen LogP contribution in [0.5, 0.6) is 0 Å². The van der Waals surface area contributed by atoms with E-state index in [9.17, 15) is 0 Å². The Kier molecular flexibility index (Phi) is 4.09. The minimum atomic E-state index is 0.516. The Balaban J connectivity index is 2.58. The highest BCUT2D eigenvalue weighted by Crippen LogP contribution is 2.14. The fourth-order valence-corrected chi connectivity index (χ4v) is 1.34. The molecule has 0 aliphatic carbocycles. The van der Waals surface area contributed by atoms with E-state index in [4.69, 9.17) is 0 Å². The van der Waals surface area contributed by atoms with Crippen LogP contribution >= 0.6 is 11.8 Å². The van der Waals surface area contributed by atoms with Gasteiger partial charge in [-0.3, -0.25) is 0 Å². The Morgan fingerprint density at radius 1 is 1.54 bits per heavy atom. The van der Waals surface area contributed by atoms with Crippen LogP contribution in [0, 0.1) is 0 Å². The molecule has 0 aliphatic heterocycles. The normalized spacial score (nSPS) is 12.5. The maximum absolute atomic E-state index is 4.28. The largest absolute Gasteiger partial charge is 0.381 e. The Bertz CT molecular complexity index is 246. The van der Waals surface area contributed by atoms with Gasteiger partial charge in [-0.15, -0.1) is 11.8 Å². The van der Waals surface area contributed by atoms with Crippen molar-refractivity contribution in [1.82, 2.24) is 4.98 Å². The Morgan fingerprint density at radius 2 is 2.31 bits per heavy atom. The standard InChI is InChI=1S/C10H16N2S/c1-4-8(2)12-9-5-6-10(13-3)11-7-9/h5-8,12H,4H2,1-3H3. The zero-order valence-electron chi connectivity index (χ0n) is 8.37. The number of hydrogen-bond donors (Lipinski definition) is 1. The zero-order valence-corrected chi connectivity index (χ0v) is 9.19. The summed E-state index contributed by atoms with van der Waals surface area (Å²) in [6, 6.07) is 4.63. The summed E-state index contributed by atoms with van der Waals surface area (Å²) < 4.78 is 0. The highest BCUT2D eigenvalue weighted by Gasteiger charge is 1.98. The summed E-state index contributed by atoms with van der Waals surface area (Å²) in [5.41, 5.74) is 1.10. The van der Waals surface area contributed by atoms with Crippen molar-refractivity contribution in [1.29, 1.82) is 0 Å². The van der Waals surface area contributed by atoms with Crippen LogP contribution < -0.4 is 5.32 Å². The lowest BCUT2D eigenvalue weighted by molar-refractivity contribution is 0.763. The molecular formula is C10H16N2S. The topological polar surface area (TPSA) is 24.9 Å². The van der Waals surface area contributed by atoms with Crippen molar-refractivity contribution in [2.24, 2.45) is 0 Å². The number of anilines is 1. The molecule has 72 valence electrons. The first-order valence-corrected chi connectivity index (χ1v) is 5.75. The molecular weight excluding hydrogens is 180 g/mol. The van der Waals surface area contributed by atoms with Gasteiger partial charge in [-0.1, -0.05) is 6.92 Å². The Hall–Kier alpha value is -0.700. The van der Waals surface area contributed by atoms with Crippen LogP contribution in [0.4, 0.5) is 5.69 Å². The first kappa shape index (κ1) is 10.4. The molecule has 1 unspecified atom stereocenters. The third-order valence-electron chi connectivity index (χ3n) is 1.97. The molecule has 2 nitrogen and oxygen atoms in total. The zero-order chi connectivity index (χ0) is 9.68. The third kappa shape index (κ3) is 3.27. The molecule has 0 aliphatic rings. The minimum absolute atomic E-state index is 0.516. The number of pyridine rings is 1. The van der Waals surface area contributed by atoms with Gasteiger partial charge < -0.3 is 5.32 Å². The van der Waals surface area contributed by atoms with E-state index in [-0.39, 0.29) is 0 Å². The minimum Gasteiger partial charge on any atom is -0.381 e. The first-order chi connectivity index (χ1) is 6.26. The van der Waals surface area contributed by atoms with Gasteiger partial charge in [0.05, 0.1) is 16.9 Å². The second-order valence-corrected chi connectivity index (χ2v) is 3.87. The molecule has 0 saturated heterocycles. The second kappa shape index (κ2) is 5.12. The van der Waals surface area contributed by atoms with Crippen molar-refractivity contribution in [3.05, 3.63) is 18.3 Å². The van der Waals surface area contributed by atoms with Gasteiger partial charge in [-0.05, 0) is 31.7 Å². The number of aromatic nitrogens is 1. The number of thioether (sulfide) groups is 1. The van der Waals surface area contributed by atoms with Crippen molar-refractivity contribution < 1.29 is 0 Å². The van der Waals surface area contributed by atoms with Crippen molar-refractivity contribution in [2.45, 2.75) is 31.3 Å². The van der Waals surface area contributed by atoms with Crippen LogP contribution in [0.2, 0.25) is 0 Å². The predicted octanol–water partition coefficient (Wildman–Crippen LogP) is 3.01. The number of hydrogen-bond acceptors (Lipinski definition) is 3. The molecule has 0 fully saturated rings. The van der Waals surface area contributed by atoms with E-state index in [0.717, 1.165) is 17.1 Å². The summed E-state index contributed by atoms with van der Waals surface area (Å²) in [5.74, 6) is 0. The smallest absolute Gasteiger partial charge is 0.0958 e. The number of nitrogens with one attached hydrogen (secondary N) is 1. The van der Waals surface area contributed by atoms with Crippen LogP contribution in [0.25, 0.3) is 0 Å². The van der Waals surface area contributed by atoms with Crippen molar-refractivity contribution in [3.63, 3.8) is 0 Å². The van der Waals surface area contributed by atoms with E-state index in [1.165, 1.54) is 0 Å². The summed E-state index contributed by atoms with van der Waals surface area (Å²) in [4.78, 5) is 4.28. The summed E-state index contributed by atoms with van der Waals surface area (Å²) in [6.07, 6.45) is 5.05. The average molecular weight is 196 g/mol. The summed E-state index contributed by atoms with van der Waals surface area (Å²) in [5, 5.41) is 4.44. The molecule has 13 heavy (non-hydrogen) atoms. The molecule has 1 aromatic rings. The van der Waals surface area contributed by atoms with Crippen molar-refractivity contribution in [3.8, 4) is 0 Å². The third-order valence-corrected chi connectivity index (χ3v) is 2.63. The molecule has 0 radical (unpaired) electrons. The lowest BCUT2D eigenvalue weighted by Gasteiger charge is -2.12. The van der Waals surface area contributed by atoms with Crippen LogP contribution in [0.1, 0.15) is 20.3 Å². The van der Waals surface area contributed by atoms with E-state index >= 15 is 0 Å². The van der Waals surface area contributed by atoms with E-state index in [1.807, 2.05) is 18.5 Å². The summed E-state index contributed by atoms with van der Waals surface area (Å²) in [6.45, 7) is 4.34. The Morgan fingerprint density at radius 3 is 2.77 bits per heavy atom. The van der Waals surface area contributed by atoms with E-state index in [1.54, 1.807) is 11.8 Å². The van der Waals surface area contributed by atoms with Gasteiger partial charge >= 0.3 is 0 Å². The first-order valence-electron chi connectivity index (χ1n) is 4.52. The van der Waals surface area contributed by atoms with Gasteiger partial charge in [0.1, 0.15) is 0 Å². The van der Waals surface area contributed by atoms with Crippen LogP contribution in [0.15, 0.2) is 23.4 Å². The maximum atomic E-state index is 4.28. The lowest BCUT2D eigenvalue weighted by atomic mass is 10.2. The number of nitrogens with zero attached hydrogens (tertiary/aromatic N) is 1. The average Bonchev–Trinajstić information content (AvgIpc) is 2.19. The summed E-state index contributed by atoms with van der Waals surface area (Å²) in [7, 11) is 0. The van der Waals surface area contributed by atoms with Gasteiger partial charge in [0.25, 0.3) is 0 Å². The number of rotatable bonds is 4. The highest BCUT2D eigenvalue weighted by atomic mass is 32.2. The monoisotopic (exact) mass is 196 g/mol.